The molecule has 196 valence electrons. The van der Waals surface area contributed by atoms with Gasteiger partial charge < -0.3 is 24.8 Å². The number of benzene rings is 1. The summed E-state index contributed by atoms with van der Waals surface area (Å²) >= 11 is 0. The molecule has 1 unspecified atom stereocenters. The highest BCUT2D eigenvalue weighted by Gasteiger charge is 2.52. The summed E-state index contributed by atoms with van der Waals surface area (Å²) < 4.78 is 11.5. The minimum atomic E-state index is -1.31. The molecule has 1 aromatic heterocycles. The summed E-state index contributed by atoms with van der Waals surface area (Å²) in [4.78, 5) is 44.0. The number of nitrogens with one attached hydrogen (secondary N) is 1. The van der Waals surface area contributed by atoms with Crippen molar-refractivity contribution in [1.29, 1.82) is 5.26 Å². The van der Waals surface area contributed by atoms with Gasteiger partial charge in [0.25, 0.3) is 0 Å². The zero-order valence-electron chi connectivity index (χ0n) is 21.3. The van der Waals surface area contributed by atoms with Gasteiger partial charge in [-0.3, -0.25) is 4.79 Å². The minimum Gasteiger partial charge on any atom is -0.480 e. The molecule has 4 rings (SSSR count). The minimum absolute atomic E-state index is 0.0988. The van der Waals surface area contributed by atoms with Gasteiger partial charge >= 0.3 is 12.1 Å². The van der Waals surface area contributed by atoms with Gasteiger partial charge in [-0.2, -0.15) is 5.26 Å². The number of nitriles is 1. The highest BCUT2D eigenvalue weighted by molar-refractivity contribution is 5.91. The lowest BCUT2D eigenvalue weighted by atomic mass is 9.85. The van der Waals surface area contributed by atoms with E-state index in [0.717, 1.165) is 40.5 Å². The second kappa shape index (κ2) is 10.6. The topological polar surface area (TPSA) is 142 Å². The summed E-state index contributed by atoms with van der Waals surface area (Å²) in [5.74, 6) is -1.64. The summed E-state index contributed by atoms with van der Waals surface area (Å²) in [6, 6.07) is 6.31. The number of fused-ring (bicyclic) bond motifs is 3. The zero-order valence-corrected chi connectivity index (χ0v) is 21.3. The Morgan fingerprint density at radius 2 is 2.00 bits per heavy atom. The van der Waals surface area contributed by atoms with Crippen LogP contribution in [-0.2, 0) is 20.7 Å². The maximum absolute atomic E-state index is 13.8. The van der Waals surface area contributed by atoms with Crippen LogP contribution in [0.15, 0.2) is 30.5 Å². The number of rotatable bonds is 1. The van der Waals surface area contributed by atoms with Crippen LogP contribution in [0.4, 0.5) is 4.79 Å². The van der Waals surface area contributed by atoms with Crippen LogP contribution in [0.3, 0.4) is 0 Å². The van der Waals surface area contributed by atoms with Crippen LogP contribution in [-0.4, -0.2) is 63.8 Å². The fourth-order valence-corrected chi connectivity index (χ4v) is 4.92. The van der Waals surface area contributed by atoms with E-state index >= 15 is 0 Å². The predicted octanol–water partition coefficient (Wildman–Crippen LogP) is 3.43. The van der Waals surface area contributed by atoms with Gasteiger partial charge in [-0.25, -0.2) is 14.6 Å². The standard InChI is InChI=1S/C27H32N4O6/c1-27(2,3)22-24(32)31-19(25(33)34)14-21(20(31)15-28)37-23-18-13-16(8-9-17(18)10-11-29-23)7-5-4-6-12-36-26(35)30-22/h8-11,13,19-22H,4-7,12,14H2,1-3H3,(H,30,35)(H,33,34)/t19-,20?,21+,22+/m0/s1. The van der Waals surface area contributed by atoms with E-state index in [1.54, 1.807) is 27.0 Å². The monoisotopic (exact) mass is 508 g/mol. The smallest absolute Gasteiger partial charge is 0.407 e. The van der Waals surface area contributed by atoms with E-state index in [1.165, 1.54) is 0 Å². The van der Waals surface area contributed by atoms with Crippen LogP contribution in [0, 0.1) is 16.7 Å². The molecule has 2 aliphatic rings. The molecule has 0 saturated carbocycles. The van der Waals surface area contributed by atoms with Crippen LogP contribution in [0.25, 0.3) is 10.8 Å². The SMILES string of the molecule is CC(C)(C)[C@@H]1NC(=O)OCCCCCc2ccc3ccnc(c3c2)O[C@@H]2C[C@@H](C(=O)O)N(C1=O)C2C#N. The Hall–Kier alpha value is -3.87. The number of carboxylic acids is 1. The Balaban J connectivity index is 1.77. The molecule has 10 nitrogen and oxygen atoms in total. The average Bonchev–Trinajstić information content (AvgIpc) is 3.22. The summed E-state index contributed by atoms with van der Waals surface area (Å²) in [6.45, 7) is 5.45. The summed E-state index contributed by atoms with van der Waals surface area (Å²) in [7, 11) is 0. The van der Waals surface area contributed by atoms with E-state index in [2.05, 4.69) is 16.4 Å². The molecule has 0 aliphatic carbocycles. The maximum atomic E-state index is 13.8. The van der Waals surface area contributed by atoms with Crippen molar-refractivity contribution < 1.29 is 29.0 Å². The highest BCUT2D eigenvalue weighted by Crippen LogP contribution is 2.34. The van der Waals surface area contributed by atoms with Crippen LogP contribution in [0.5, 0.6) is 5.88 Å². The molecule has 1 fully saturated rings. The first-order chi connectivity index (χ1) is 17.6. The first kappa shape index (κ1) is 26.2. The number of aryl methyl sites for hydroxylation is 1. The number of aliphatic carboxylic acids is 1. The Kier molecular flexibility index (Phi) is 7.52. The number of carbonyl (C=O) groups excluding carboxylic acids is 2. The molecule has 4 atom stereocenters. The van der Waals surface area contributed by atoms with E-state index < -0.39 is 47.6 Å². The third-order valence-electron chi connectivity index (χ3n) is 6.89. The summed E-state index contributed by atoms with van der Waals surface area (Å²) in [5.41, 5.74) is 0.300. The largest absolute Gasteiger partial charge is 0.480 e. The number of carboxylic acid groups (broad SMARTS) is 1. The number of alkyl carbamates (subject to hydrolysis) is 1. The quantitative estimate of drug-likeness (QED) is 0.597. The van der Waals surface area contributed by atoms with Crippen molar-refractivity contribution in [3.8, 4) is 11.9 Å². The van der Waals surface area contributed by atoms with Crippen LogP contribution >= 0.6 is 0 Å². The van der Waals surface area contributed by atoms with Crippen molar-refractivity contribution in [2.24, 2.45) is 5.41 Å². The van der Waals surface area contributed by atoms with E-state index in [0.29, 0.717) is 12.3 Å². The molecule has 0 spiro atoms. The highest BCUT2D eigenvalue weighted by atomic mass is 16.5. The van der Waals surface area contributed by atoms with E-state index in [9.17, 15) is 24.8 Å². The molecule has 2 N–H and O–H groups in total. The van der Waals surface area contributed by atoms with E-state index in [-0.39, 0.29) is 13.0 Å². The Morgan fingerprint density at radius 3 is 2.70 bits per heavy atom. The Labute approximate surface area is 215 Å². The number of hydrogen-bond donors (Lipinski definition) is 2. The lowest BCUT2D eigenvalue weighted by molar-refractivity contribution is -0.151. The van der Waals surface area contributed by atoms with Crippen molar-refractivity contribution in [3.63, 3.8) is 0 Å². The van der Waals surface area contributed by atoms with Crippen LogP contribution < -0.4 is 10.1 Å². The molecule has 1 aromatic carbocycles. The molecular formula is C27H32N4O6. The van der Waals surface area contributed by atoms with E-state index in [1.807, 2.05) is 24.3 Å². The number of cyclic esters (lactones) is 1. The first-order valence-electron chi connectivity index (χ1n) is 12.5. The van der Waals surface area contributed by atoms with Gasteiger partial charge in [0.05, 0.1) is 12.7 Å². The van der Waals surface area contributed by atoms with Crippen LogP contribution in [0.2, 0.25) is 0 Å². The average molecular weight is 509 g/mol. The van der Waals surface area contributed by atoms with Gasteiger partial charge in [-0.1, -0.05) is 32.9 Å². The van der Waals surface area contributed by atoms with Gasteiger partial charge in [0.2, 0.25) is 11.8 Å². The normalized spacial score (nSPS) is 25.4. The van der Waals surface area contributed by atoms with Crippen molar-refractivity contribution in [3.05, 3.63) is 36.0 Å². The number of nitrogens with zero attached hydrogens (tertiary/aromatic N) is 3. The maximum Gasteiger partial charge on any atom is 0.407 e. The van der Waals surface area contributed by atoms with Gasteiger partial charge in [0.15, 0.2) is 6.04 Å². The third-order valence-corrected chi connectivity index (χ3v) is 6.89. The molecular weight excluding hydrogens is 476 g/mol. The third kappa shape index (κ3) is 5.61. The number of pyridine rings is 1. The van der Waals surface area contributed by atoms with E-state index in [4.69, 9.17) is 9.47 Å². The predicted molar refractivity (Wildman–Crippen MR) is 134 cm³/mol. The van der Waals surface area contributed by atoms with Gasteiger partial charge in [-0.05, 0) is 54.2 Å². The zero-order chi connectivity index (χ0) is 26.7. The van der Waals surface area contributed by atoms with Crippen molar-refractivity contribution >= 4 is 28.7 Å². The Bertz CT molecular complexity index is 1230. The number of aromatic nitrogens is 1. The fraction of sp³-hybridized carbons (Fsp3) is 0.519. The van der Waals surface area contributed by atoms with Gasteiger partial charge in [0, 0.05) is 18.0 Å². The second-order valence-electron chi connectivity index (χ2n) is 10.6. The molecule has 2 amide bonds. The van der Waals surface area contributed by atoms with Crippen molar-refractivity contribution in [2.45, 2.75) is 77.1 Å². The number of carbonyl (C=O) groups is 3. The summed E-state index contributed by atoms with van der Waals surface area (Å²) in [6.07, 6.45) is 3.04. The van der Waals surface area contributed by atoms with Crippen molar-refractivity contribution in [2.75, 3.05) is 6.61 Å². The van der Waals surface area contributed by atoms with Gasteiger partial charge in [-0.15, -0.1) is 0 Å². The van der Waals surface area contributed by atoms with Crippen LogP contribution in [0.1, 0.15) is 52.0 Å². The second-order valence-corrected chi connectivity index (χ2v) is 10.6. The molecule has 2 aromatic rings. The van der Waals surface area contributed by atoms with Crippen molar-refractivity contribution in [1.82, 2.24) is 15.2 Å². The molecule has 37 heavy (non-hydrogen) atoms. The number of amides is 2. The number of hydrogen-bond acceptors (Lipinski definition) is 7. The molecule has 2 aliphatic heterocycles. The molecule has 0 radical (unpaired) electrons. The molecule has 3 heterocycles. The lowest BCUT2D eigenvalue weighted by Crippen LogP contribution is -2.59. The molecule has 10 heteroatoms. The molecule has 4 bridgehead atoms. The summed E-state index contributed by atoms with van der Waals surface area (Å²) in [5, 5.41) is 24.3. The Morgan fingerprint density at radius 1 is 1.22 bits per heavy atom. The fourth-order valence-electron chi connectivity index (χ4n) is 4.92. The van der Waals surface area contributed by atoms with Gasteiger partial charge in [0.1, 0.15) is 18.2 Å². The lowest BCUT2D eigenvalue weighted by Gasteiger charge is -2.35. The first-order valence-corrected chi connectivity index (χ1v) is 12.5. The molecule has 1 saturated heterocycles. The number of ether oxygens (including phenoxy) is 2.